The number of Topliss-reactive ketones (excluding diaryl/α,β-unsaturated/α-hetero) is 1. The molecule has 26 heavy (non-hydrogen) atoms. The molecule has 2 heterocycles. The number of sulfone groups is 1. The van der Waals surface area contributed by atoms with E-state index in [1.54, 1.807) is 0 Å². The summed E-state index contributed by atoms with van der Waals surface area (Å²) < 4.78 is 28.6. The number of aryl methyl sites for hydroxylation is 3. The second kappa shape index (κ2) is 7.52. The Morgan fingerprint density at radius 3 is 2.62 bits per heavy atom. The zero-order chi connectivity index (χ0) is 18.9. The number of carbonyl (C=O) groups is 1. The van der Waals surface area contributed by atoms with Crippen molar-refractivity contribution in [2.75, 3.05) is 17.3 Å². The molecule has 1 unspecified atom stereocenters. The van der Waals surface area contributed by atoms with E-state index < -0.39 is 9.84 Å². The van der Waals surface area contributed by atoms with Crippen LogP contribution in [0.15, 0.2) is 21.8 Å². The fraction of sp³-hybridized carbons (Fsp3) is 0.500. The molecule has 0 N–H and O–H groups in total. The number of aromatic nitrogens is 2. The molecule has 0 saturated carbocycles. The summed E-state index contributed by atoms with van der Waals surface area (Å²) >= 11 is 1.21. The van der Waals surface area contributed by atoms with E-state index in [4.69, 9.17) is 4.42 Å². The number of hydrogen-bond donors (Lipinski definition) is 0. The number of benzene rings is 1. The third-order valence-corrected chi connectivity index (χ3v) is 7.36. The van der Waals surface area contributed by atoms with Crippen molar-refractivity contribution in [3.63, 3.8) is 0 Å². The third kappa shape index (κ3) is 4.54. The number of thioether (sulfide) groups is 1. The molecule has 6 nitrogen and oxygen atoms in total. The average molecular weight is 395 g/mol. The van der Waals surface area contributed by atoms with Crippen LogP contribution < -0.4 is 0 Å². The number of hydrogen-bond acceptors (Lipinski definition) is 7. The molecule has 140 valence electrons. The Kier molecular flexibility index (Phi) is 5.53. The van der Waals surface area contributed by atoms with Crippen LogP contribution in [-0.4, -0.2) is 41.7 Å². The highest BCUT2D eigenvalue weighted by atomic mass is 32.2. The highest BCUT2D eigenvalue weighted by molar-refractivity contribution is 7.99. The van der Waals surface area contributed by atoms with Crippen LogP contribution in [0.25, 0.3) is 0 Å². The maximum Gasteiger partial charge on any atom is 0.277 e. The zero-order valence-electron chi connectivity index (χ0n) is 15.1. The van der Waals surface area contributed by atoms with E-state index in [0.717, 1.165) is 16.7 Å². The predicted molar refractivity (Wildman–Crippen MR) is 100 cm³/mol. The maximum atomic E-state index is 12.5. The van der Waals surface area contributed by atoms with Crippen molar-refractivity contribution < 1.29 is 17.6 Å². The topological polar surface area (TPSA) is 90.1 Å². The molecular weight excluding hydrogens is 372 g/mol. The minimum Gasteiger partial charge on any atom is -0.416 e. The minimum atomic E-state index is -2.91. The van der Waals surface area contributed by atoms with Gasteiger partial charge in [-0.25, -0.2) is 8.42 Å². The lowest BCUT2D eigenvalue weighted by Crippen LogP contribution is -2.07. The lowest BCUT2D eigenvalue weighted by Gasteiger charge is -2.08. The Hall–Kier alpha value is -1.67. The van der Waals surface area contributed by atoms with E-state index in [9.17, 15) is 13.2 Å². The highest BCUT2D eigenvalue weighted by Crippen LogP contribution is 2.25. The Bertz CT molecular complexity index is 935. The summed E-state index contributed by atoms with van der Waals surface area (Å²) in [4.78, 5) is 12.5. The Labute approximate surface area is 157 Å². The van der Waals surface area contributed by atoms with E-state index in [1.807, 2.05) is 32.9 Å². The number of rotatable bonds is 6. The van der Waals surface area contributed by atoms with Gasteiger partial charge in [-0.1, -0.05) is 17.8 Å². The lowest BCUT2D eigenvalue weighted by molar-refractivity contribution is 0.102. The van der Waals surface area contributed by atoms with Crippen LogP contribution in [0, 0.1) is 26.7 Å². The summed E-state index contributed by atoms with van der Waals surface area (Å²) in [5.41, 5.74) is 3.95. The second-order valence-electron chi connectivity index (χ2n) is 6.90. The molecule has 8 heteroatoms. The van der Waals surface area contributed by atoms with Gasteiger partial charge in [-0.05, 0) is 55.9 Å². The zero-order valence-corrected chi connectivity index (χ0v) is 16.7. The van der Waals surface area contributed by atoms with Crippen LogP contribution in [0.3, 0.4) is 0 Å². The van der Waals surface area contributed by atoms with Crippen molar-refractivity contribution >= 4 is 27.4 Å². The molecular formula is C18H22N2O4S2. The summed E-state index contributed by atoms with van der Waals surface area (Å²) in [5.74, 6) is 1.14. The molecule has 0 bridgehead atoms. The molecule has 1 saturated heterocycles. The molecule has 1 aromatic carbocycles. The van der Waals surface area contributed by atoms with Gasteiger partial charge in [0.2, 0.25) is 5.89 Å². The van der Waals surface area contributed by atoms with Gasteiger partial charge in [-0.3, -0.25) is 4.79 Å². The Morgan fingerprint density at radius 2 is 1.92 bits per heavy atom. The number of nitrogens with zero attached hydrogens (tertiary/aromatic N) is 2. The maximum absolute atomic E-state index is 12.5. The van der Waals surface area contributed by atoms with Gasteiger partial charge in [0.05, 0.1) is 17.3 Å². The minimum absolute atomic E-state index is 0.0252. The highest BCUT2D eigenvalue weighted by Gasteiger charge is 2.29. The molecule has 1 aliphatic heterocycles. The molecule has 1 fully saturated rings. The van der Waals surface area contributed by atoms with Gasteiger partial charge in [-0.2, -0.15) is 0 Å². The van der Waals surface area contributed by atoms with Crippen LogP contribution in [0.2, 0.25) is 0 Å². The monoisotopic (exact) mass is 394 g/mol. The standard InChI is InChI=1S/C18H22N2O4S2/c1-11-6-13(3)15(7-12(11)2)16(21)9-25-18-20-19-17(24-18)8-14-4-5-26(22,23)10-14/h6-7,14H,4-5,8-10H2,1-3H3. The number of ketones is 1. The molecule has 1 atom stereocenters. The van der Waals surface area contributed by atoms with Crippen molar-refractivity contribution in [2.45, 2.75) is 38.8 Å². The smallest absolute Gasteiger partial charge is 0.277 e. The quantitative estimate of drug-likeness (QED) is 0.549. The average Bonchev–Trinajstić information content (AvgIpc) is 3.15. The molecule has 0 amide bonds. The van der Waals surface area contributed by atoms with E-state index in [2.05, 4.69) is 10.2 Å². The van der Waals surface area contributed by atoms with E-state index in [1.165, 1.54) is 17.3 Å². The molecule has 3 rings (SSSR count). The molecule has 0 radical (unpaired) electrons. The normalized spacial score (nSPS) is 19.0. The molecule has 0 aliphatic carbocycles. The van der Waals surface area contributed by atoms with Gasteiger partial charge in [0.15, 0.2) is 15.6 Å². The largest absolute Gasteiger partial charge is 0.416 e. The third-order valence-electron chi connectivity index (χ3n) is 4.71. The van der Waals surface area contributed by atoms with Crippen LogP contribution in [0.1, 0.15) is 39.4 Å². The fourth-order valence-electron chi connectivity index (χ4n) is 3.12. The van der Waals surface area contributed by atoms with Crippen molar-refractivity contribution in [1.82, 2.24) is 10.2 Å². The van der Waals surface area contributed by atoms with Gasteiger partial charge in [0, 0.05) is 12.0 Å². The first-order valence-corrected chi connectivity index (χ1v) is 11.3. The van der Waals surface area contributed by atoms with Crippen molar-refractivity contribution in [3.8, 4) is 0 Å². The Balaban J connectivity index is 1.58. The van der Waals surface area contributed by atoms with Gasteiger partial charge in [0.1, 0.15) is 0 Å². The van der Waals surface area contributed by atoms with Crippen LogP contribution in [-0.2, 0) is 16.3 Å². The Morgan fingerprint density at radius 1 is 1.19 bits per heavy atom. The summed E-state index contributed by atoms with van der Waals surface area (Å²) in [6, 6.07) is 3.95. The van der Waals surface area contributed by atoms with E-state index >= 15 is 0 Å². The first-order valence-electron chi connectivity index (χ1n) is 8.50. The predicted octanol–water partition coefficient (Wildman–Crippen LogP) is 2.95. The summed E-state index contributed by atoms with van der Waals surface area (Å²) in [6.07, 6.45) is 1.11. The molecule has 0 spiro atoms. The molecule has 1 aromatic heterocycles. The first kappa shape index (κ1) is 19.1. The van der Waals surface area contributed by atoms with Crippen LogP contribution in [0.5, 0.6) is 0 Å². The summed E-state index contributed by atoms with van der Waals surface area (Å²) in [6.45, 7) is 5.96. The van der Waals surface area contributed by atoms with E-state index in [-0.39, 0.29) is 29.0 Å². The molecule has 2 aromatic rings. The van der Waals surface area contributed by atoms with Gasteiger partial charge < -0.3 is 4.42 Å². The summed E-state index contributed by atoms with van der Waals surface area (Å²) in [5, 5.41) is 8.28. The SMILES string of the molecule is Cc1cc(C)c(C(=O)CSc2nnc(CC3CCS(=O)(=O)C3)o2)cc1C. The lowest BCUT2D eigenvalue weighted by atomic mass is 9.99. The van der Waals surface area contributed by atoms with Gasteiger partial charge >= 0.3 is 0 Å². The van der Waals surface area contributed by atoms with Crippen LogP contribution in [0.4, 0.5) is 0 Å². The van der Waals surface area contributed by atoms with Crippen LogP contribution >= 0.6 is 11.8 Å². The van der Waals surface area contributed by atoms with Gasteiger partial charge in [-0.15, -0.1) is 10.2 Å². The molecule has 1 aliphatic rings. The van der Waals surface area contributed by atoms with Crippen molar-refractivity contribution in [2.24, 2.45) is 5.92 Å². The van der Waals surface area contributed by atoms with Crippen molar-refractivity contribution in [3.05, 3.63) is 40.3 Å². The fourth-order valence-corrected chi connectivity index (χ4v) is 5.65. The summed E-state index contributed by atoms with van der Waals surface area (Å²) in [7, 11) is -2.91. The van der Waals surface area contributed by atoms with Gasteiger partial charge in [0.25, 0.3) is 5.22 Å². The van der Waals surface area contributed by atoms with E-state index in [0.29, 0.717) is 24.0 Å². The number of carbonyl (C=O) groups excluding carboxylic acids is 1. The first-order chi connectivity index (χ1) is 12.2. The second-order valence-corrected chi connectivity index (χ2v) is 10.1. The van der Waals surface area contributed by atoms with Crippen molar-refractivity contribution in [1.29, 1.82) is 0 Å².